The van der Waals surface area contributed by atoms with Gasteiger partial charge in [0.1, 0.15) is 11.5 Å². The van der Waals surface area contributed by atoms with E-state index in [9.17, 15) is 4.39 Å². The second kappa shape index (κ2) is 4.42. The lowest BCUT2D eigenvalue weighted by molar-refractivity contribution is 0.628. The predicted molar refractivity (Wildman–Crippen MR) is 76.3 cm³/mol. The van der Waals surface area contributed by atoms with Gasteiger partial charge >= 0.3 is 0 Å². The zero-order valence-electron chi connectivity index (χ0n) is 10.5. The minimum absolute atomic E-state index is 0.261. The highest BCUT2D eigenvalue weighted by Gasteiger charge is 2.12. The average Bonchev–Trinajstić information content (AvgIpc) is 2.66. The lowest BCUT2D eigenvalue weighted by Crippen LogP contribution is -1.96. The summed E-state index contributed by atoms with van der Waals surface area (Å²) in [6, 6.07) is 6.21. The molecule has 3 rings (SSSR count). The summed E-state index contributed by atoms with van der Waals surface area (Å²) in [5.41, 5.74) is 2.57. The third kappa shape index (κ3) is 2.04. The molecule has 0 amide bonds. The van der Waals surface area contributed by atoms with E-state index in [4.69, 9.17) is 0 Å². The summed E-state index contributed by atoms with van der Waals surface area (Å²) in [5.74, 6) is 0.349. The highest BCUT2D eigenvalue weighted by Crippen LogP contribution is 2.28. The van der Waals surface area contributed by atoms with Crippen molar-refractivity contribution < 1.29 is 4.39 Å². The molecule has 0 saturated heterocycles. The number of rotatable bonds is 1. The number of halogens is 2. The van der Waals surface area contributed by atoms with Crippen LogP contribution in [0.2, 0.25) is 0 Å². The Morgan fingerprint density at radius 1 is 1.16 bits per heavy atom. The summed E-state index contributed by atoms with van der Waals surface area (Å²) in [7, 11) is 1.94. The van der Waals surface area contributed by atoms with E-state index in [2.05, 4.69) is 25.9 Å². The Morgan fingerprint density at radius 2 is 1.84 bits per heavy atom. The lowest BCUT2D eigenvalue weighted by atomic mass is 10.2. The average molecular weight is 320 g/mol. The number of benzene rings is 1. The van der Waals surface area contributed by atoms with Gasteiger partial charge in [-0.2, -0.15) is 0 Å². The molecular weight excluding hydrogens is 309 g/mol. The molecule has 5 heteroatoms. The van der Waals surface area contributed by atoms with Crippen molar-refractivity contribution >= 4 is 27.0 Å². The van der Waals surface area contributed by atoms with Gasteiger partial charge in [0.2, 0.25) is 0 Å². The largest absolute Gasteiger partial charge is 0.334 e. The van der Waals surface area contributed by atoms with Gasteiger partial charge in [0, 0.05) is 23.3 Å². The fraction of sp³-hybridized carbons (Fsp3) is 0.143. The third-order valence-corrected chi connectivity index (χ3v) is 3.65. The molecule has 0 aliphatic heterocycles. The van der Waals surface area contributed by atoms with Gasteiger partial charge in [0.25, 0.3) is 0 Å². The summed E-state index contributed by atoms with van der Waals surface area (Å²) in [6.07, 6.45) is 1.96. The van der Waals surface area contributed by atoms with E-state index >= 15 is 0 Å². The van der Waals surface area contributed by atoms with Gasteiger partial charge < -0.3 is 4.57 Å². The molecule has 0 atom stereocenters. The molecule has 0 saturated carbocycles. The zero-order valence-corrected chi connectivity index (χ0v) is 12.1. The number of fused-ring (bicyclic) bond motifs is 1. The van der Waals surface area contributed by atoms with Crippen molar-refractivity contribution in [3.63, 3.8) is 0 Å². The molecule has 0 aliphatic rings. The highest BCUT2D eigenvalue weighted by molar-refractivity contribution is 9.10. The van der Waals surface area contributed by atoms with Crippen molar-refractivity contribution in [2.24, 2.45) is 7.05 Å². The Labute approximate surface area is 118 Å². The zero-order chi connectivity index (χ0) is 13.6. The van der Waals surface area contributed by atoms with E-state index in [1.165, 1.54) is 12.1 Å². The van der Waals surface area contributed by atoms with Crippen LogP contribution in [0.4, 0.5) is 4.39 Å². The molecule has 96 valence electrons. The van der Waals surface area contributed by atoms with Crippen LogP contribution in [0.15, 0.2) is 34.9 Å². The van der Waals surface area contributed by atoms with Crippen LogP contribution in [-0.2, 0) is 7.05 Å². The molecule has 19 heavy (non-hydrogen) atoms. The molecule has 2 aromatic heterocycles. The topological polar surface area (TPSA) is 30.7 Å². The molecule has 2 heterocycles. The molecule has 0 spiro atoms. The molecule has 0 aliphatic carbocycles. The first-order chi connectivity index (χ1) is 9.06. The van der Waals surface area contributed by atoms with E-state index in [0.29, 0.717) is 5.82 Å². The summed E-state index contributed by atoms with van der Waals surface area (Å²) in [6.45, 7) is 1.95. The summed E-state index contributed by atoms with van der Waals surface area (Å²) in [4.78, 5) is 9.05. The molecule has 0 unspecified atom stereocenters. The number of aryl methyl sites for hydroxylation is 2. The van der Waals surface area contributed by atoms with Crippen LogP contribution in [0.1, 0.15) is 5.69 Å². The van der Waals surface area contributed by atoms with E-state index in [0.717, 1.165) is 26.8 Å². The Balaban J connectivity index is 2.26. The molecular formula is C14H11BrFN3. The first-order valence-corrected chi connectivity index (χ1v) is 6.60. The summed E-state index contributed by atoms with van der Waals surface area (Å²) >= 11 is 3.51. The van der Waals surface area contributed by atoms with Gasteiger partial charge in [-0.05, 0) is 47.1 Å². The van der Waals surface area contributed by atoms with Crippen LogP contribution in [0.25, 0.3) is 22.4 Å². The number of nitrogens with zero attached hydrogens (tertiary/aromatic N) is 3. The van der Waals surface area contributed by atoms with Gasteiger partial charge in [-0.1, -0.05) is 0 Å². The fourth-order valence-electron chi connectivity index (χ4n) is 2.12. The van der Waals surface area contributed by atoms with Crippen LogP contribution in [-0.4, -0.2) is 14.5 Å². The maximum atomic E-state index is 13.0. The van der Waals surface area contributed by atoms with Crippen LogP contribution in [0.5, 0.6) is 0 Å². The predicted octanol–water partition coefficient (Wildman–Crippen LogP) is 3.85. The van der Waals surface area contributed by atoms with E-state index in [1.807, 2.05) is 24.7 Å². The smallest absolute Gasteiger partial charge is 0.161 e. The van der Waals surface area contributed by atoms with Crippen molar-refractivity contribution in [1.29, 1.82) is 0 Å². The number of aromatic nitrogens is 3. The highest BCUT2D eigenvalue weighted by atomic mass is 79.9. The summed E-state index contributed by atoms with van der Waals surface area (Å²) < 4.78 is 15.9. The number of hydrogen-bond donors (Lipinski definition) is 0. The van der Waals surface area contributed by atoms with E-state index in [1.54, 1.807) is 12.1 Å². The molecule has 0 radical (unpaired) electrons. The van der Waals surface area contributed by atoms with E-state index < -0.39 is 0 Å². The minimum atomic E-state index is -0.261. The first kappa shape index (κ1) is 12.3. The minimum Gasteiger partial charge on any atom is -0.334 e. The van der Waals surface area contributed by atoms with Crippen LogP contribution >= 0.6 is 15.9 Å². The maximum absolute atomic E-state index is 13.0. The lowest BCUT2D eigenvalue weighted by Gasteiger charge is -2.04. The second-order valence-corrected chi connectivity index (χ2v) is 5.28. The maximum Gasteiger partial charge on any atom is 0.161 e. The fourth-order valence-corrected chi connectivity index (χ4v) is 2.89. The first-order valence-electron chi connectivity index (χ1n) is 5.81. The monoisotopic (exact) mass is 319 g/mol. The van der Waals surface area contributed by atoms with E-state index in [-0.39, 0.29) is 5.82 Å². The Hall–Kier alpha value is -1.75. The van der Waals surface area contributed by atoms with Crippen LogP contribution in [0, 0.1) is 12.7 Å². The Bertz CT molecular complexity index is 762. The molecule has 0 bridgehead atoms. The molecule has 0 fully saturated rings. The molecule has 1 aromatic carbocycles. The van der Waals surface area contributed by atoms with Crippen molar-refractivity contribution in [2.75, 3.05) is 0 Å². The van der Waals surface area contributed by atoms with Gasteiger partial charge in [0.15, 0.2) is 5.82 Å². The second-order valence-electron chi connectivity index (χ2n) is 4.43. The third-order valence-electron chi connectivity index (χ3n) is 3.05. The van der Waals surface area contributed by atoms with Crippen LogP contribution in [0.3, 0.4) is 0 Å². The quantitative estimate of drug-likeness (QED) is 0.682. The van der Waals surface area contributed by atoms with Gasteiger partial charge in [-0.15, -0.1) is 0 Å². The van der Waals surface area contributed by atoms with Gasteiger partial charge in [0.05, 0.1) is 11.1 Å². The molecule has 3 aromatic rings. The van der Waals surface area contributed by atoms with Crippen molar-refractivity contribution in [3.05, 3.63) is 46.4 Å². The summed E-state index contributed by atoms with van der Waals surface area (Å²) in [5, 5.41) is 1.01. The number of hydrogen-bond acceptors (Lipinski definition) is 2. The van der Waals surface area contributed by atoms with Crippen molar-refractivity contribution in [2.45, 2.75) is 6.92 Å². The molecule has 3 nitrogen and oxygen atoms in total. The van der Waals surface area contributed by atoms with Crippen LogP contribution < -0.4 is 0 Å². The van der Waals surface area contributed by atoms with Gasteiger partial charge in [-0.3, -0.25) is 0 Å². The van der Waals surface area contributed by atoms with Crippen molar-refractivity contribution in [1.82, 2.24) is 14.5 Å². The molecule has 0 N–H and O–H groups in total. The van der Waals surface area contributed by atoms with Crippen molar-refractivity contribution in [3.8, 4) is 11.4 Å². The normalized spacial score (nSPS) is 11.2. The van der Waals surface area contributed by atoms with Gasteiger partial charge in [-0.25, -0.2) is 14.4 Å². The standard InChI is InChI=1S/C14H11BrFN3/c1-8-12-11(15)7-19(2)14(12)18-13(17-8)9-3-5-10(16)6-4-9/h3-7H,1-2H3. The Morgan fingerprint density at radius 3 is 2.53 bits per heavy atom. The Kier molecular flexibility index (Phi) is 2.86. The SMILES string of the molecule is Cc1nc(-c2ccc(F)cc2)nc2c1c(Br)cn2C.